The van der Waals surface area contributed by atoms with Crippen LogP contribution in [0.4, 0.5) is 17.2 Å². The second-order valence-corrected chi connectivity index (χ2v) is 7.15. The fourth-order valence-electron chi connectivity index (χ4n) is 2.66. The topological polar surface area (TPSA) is 110 Å². The molecule has 0 aliphatic carbocycles. The van der Waals surface area contributed by atoms with E-state index in [-0.39, 0.29) is 16.4 Å². The lowest BCUT2D eigenvalue weighted by atomic mass is 10.1. The van der Waals surface area contributed by atoms with E-state index in [1.165, 1.54) is 12.1 Å². The first-order valence-corrected chi connectivity index (χ1v) is 9.49. The van der Waals surface area contributed by atoms with Crippen LogP contribution in [0.15, 0.2) is 41.0 Å². The second kappa shape index (κ2) is 9.04. The number of anilines is 2. The van der Waals surface area contributed by atoms with Gasteiger partial charge in [-0.3, -0.25) is 20.2 Å². The molecule has 2 heterocycles. The smallest absolute Gasteiger partial charge is 0.293 e. The molecule has 3 rings (SSSR count). The summed E-state index contributed by atoms with van der Waals surface area (Å²) >= 11 is 8.38. The van der Waals surface area contributed by atoms with Crippen molar-refractivity contribution in [1.29, 1.82) is 0 Å². The van der Waals surface area contributed by atoms with Crippen molar-refractivity contribution in [1.82, 2.24) is 10.3 Å². The predicted molar refractivity (Wildman–Crippen MR) is 112 cm³/mol. The Morgan fingerprint density at radius 1 is 1.29 bits per heavy atom. The van der Waals surface area contributed by atoms with Gasteiger partial charge in [0.1, 0.15) is 11.5 Å². The van der Waals surface area contributed by atoms with Crippen molar-refractivity contribution in [2.45, 2.75) is 0 Å². The molecule has 1 saturated heterocycles. The minimum absolute atomic E-state index is 0.0414. The zero-order valence-electron chi connectivity index (χ0n) is 14.6. The largest absolute Gasteiger partial charge is 0.378 e. The minimum Gasteiger partial charge on any atom is -0.378 e. The van der Waals surface area contributed by atoms with Gasteiger partial charge in [0.25, 0.3) is 11.6 Å². The highest BCUT2D eigenvalue weighted by Crippen LogP contribution is 2.29. The monoisotopic (exact) mass is 465 g/mol. The number of carbonyl (C=O) groups excluding carboxylic acids is 1. The van der Waals surface area contributed by atoms with Crippen LogP contribution in [-0.2, 0) is 4.74 Å². The van der Waals surface area contributed by atoms with Crippen LogP contribution in [0.25, 0.3) is 0 Å². The molecule has 1 aliphatic rings. The fourth-order valence-corrected chi connectivity index (χ4v) is 3.09. The molecule has 1 aliphatic heterocycles. The van der Waals surface area contributed by atoms with Gasteiger partial charge in [0.05, 0.1) is 18.1 Å². The SMILES string of the molecule is O=C(NC(=S)Nc1ccc(Br)cn1)c1ccc(N2CCOCC2)c([N+](=O)[O-])c1. The number of ether oxygens (including phenoxy) is 1. The van der Waals surface area contributed by atoms with Gasteiger partial charge in [-0.15, -0.1) is 0 Å². The lowest BCUT2D eigenvalue weighted by Crippen LogP contribution is -2.37. The molecule has 1 aromatic carbocycles. The molecule has 1 amide bonds. The summed E-state index contributed by atoms with van der Waals surface area (Å²) < 4.78 is 6.08. The van der Waals surface area contributed by atoms with E-state index < -0.39 is 10.8 Å². The van der Waals surface area contributed by atoms with Crippen LogP contribution >= 0.6 is 28.1 Å². The molecule has 11 heteroatoms. The van der Waals surface area contributed by atoms with E-state index in [2.05, 4.69) is 31.5 Å². The first-order chi connectivity index (χ1) is 13.4. The van der Waals surface area contributed by atoms with Crippen LogP contribution in [0, 0.1) is 10.1 Å². The summed E-state index contributed by atoms with van der Waals surface area (Å²) in [6.45, 7) is 2.12. The second-order valence-electron chi connectivity index (χ2n) is 5.83. The standard InChI is InChI=1S/C17H16BrN5O4S/c18-12-2-4-15(19-10-12)20-17(28)21-16(24)11-1-3-13(14(9-11)23(25)26)22-5-7-27-8-6-22/h1-4,9-10H,5-8H2,(H2,19,20,21,24,28). The Hall–Kier alpha value is -2.63. The Balaban J connectivity index is 1.72. The number of thiocarbonyl (C=S) groups is 1. The Bertz CT molecular complexity index is 903. The maximum Gasteiger partial charge on any atom is 0.293 e. The van der Waals surface area contributed by atoms with Crippen molar-refractivity contribution in [3.05, 3.63) is 56.7 Å². The molecule has 0 radical (unpaired) electrons. The maximum absolute atomic E-state index is 12.4. The molecule has 0 unspecified atom stereocenters. The summed E-state index contributed by atoms with van der Waals surface area (Å²) in [7, 11) is 0. The molecule has 9 nitrogen and oxygen atoms in total. The van der Waals surface area contributed by atoms with Crippen molar-refractivity contribution in [3.63, 3.8) is 0 Å². The summed E-state index contributed by atoms with van der Waals surface area (Å²) in [5.41, 5.74) is 0.462. The van der Waals surface area contributed by atoms with E-state index in [9.17, 15) is 14.9 Å². The number of hydrogen-bond acceptors (Lipinski definition) is 7. The first kappa shape index (κ1) is 20.1. The number of amides is 1. The zero-order chi connectivity index (χ0) is 20.1. The lowest BCUT2D eigenvalue weighted by molar-refractivity contribution is -0.384. The van der Waals surface area contributed by atoms with Crippen molar-refractivity contribution in [2.24, 2.45) is 0 Å². The summed E-state index contributed by atoms with van der Waals surface area (Å²) in [6, 6.07) is 7.82. The number of halogens is 1. The van der Waals surface area contributed by atoms with E-state index in [1.54, 1.807) is 24.4 Å². The average Bonchev–Trinajstić information content (AvgIpc) is 2.69. The molecule has 28 heavy (non-hydrogen) atoms. The van der Waals surface area contributed by atoms with Crippen LogP contribution in [-0.4, -0.2) is 47.2 Å². The number of carbonyl (C=O) groups is 1. The number of pyridine rings is 1. The van der Waals surface area contributed by atoms with Crippen molar-refractivity contribution in [2.75, 3.05) is 36.5 Å². The third kappa shape index (κ3) is 5.00. The van der Waals surface area contributed by atoms with Gasteiger partial charge in [-0.2, -0.15) is 0 Å². The predicted octanol–water partition coefficient (Wildman–Crippen LogP) is 2.72. The lowest BCUT2D eigenvalue weighted by Gasteiger charge is -2.28. The van der Waals surface area contributed by atoms with Gasteiger partial charge in [-0.05, 0) is 52.4 Å². The third-order valence-electron chi connectivity index (χ3n) is 3.98. The number of hydrogen-bond donors (Lipinski definition) is 2. The number of rotatable bonds is 4. The Morgan fingerprint density at radius 2 is 2.04 bits per heavy atom. The van der Waals surface area contributed by atoms with Crippen molar-refractivity contribution in [3.8, 4) is 0 Å². The number of nitrogens with zero attached hydrogens (tertiary/aromatic N) is 3. The van der Waals surface area contributed by atoms with E-state index in [1.807, 2.05) is 4.90 Å². The molecular formula is C17H16BrN5O4S. The van der Waals surface area contributed by atoms with Crippen molar-refractivity contribution < 1.29 is 14.5 Å². The van der Waals surface area contributed by atoms with Gasteiger partial charge in [0.2, 0.25) is 0 Å². The Morgan fingerprint density at radius 3 is 2.68 bits per heavy atom. The molecule has 1 fully saturated rings. The van der Waals surface area contributed by atoms with Gasteiger partial charge < -0.3 is 15.0 Å². The normalized spacial score (nSPS) is 13.7. The van der Waals surface area contributed by atoms with Crippen LogP contribution in [0.5, 0.6) is 0 Å². The first-order valence-electron chi connectivity index (χ1n) is 8.29. The molecule has 0 bridgehead atoms. The van der Waals surface area contributed by atoms with Gasteiger partial charge in [-0.25, -0.2) is 4.98 Å². The Kier molecular flexibility index (Phi) is 6.49. The Labute approximate surface area is 174 Å². The summed E-state index contributed by atoms with van der Waals surface area (Å²) in [4.78, 5) is 29.4. The van der Waals surface area contributed by atoms with Gasteiger partial charge >= 0.3 is 0 Å². The number of nitro groups is 1. The molecule has 1 aromatic heterocycles. The van der Waals surface area contributed by atoms with Crippen LogP contribution in [0.1, 0.15) is 10.4 Å². The summed E-state index contributed by atoms with van der Waals surface area (Å²) in [6.07, 6.45) is 1.58. The minimum atomic E-state index is -0.550. The van der Waals surface area contributed by atoms with Crippen LogP contribution in [0.2, 0.25) is 0 Å². The quantitative estimate of drug-likeness (QED) is 0.402. The number of benzene rings is 1. The summed E-state index contributed by atoms with van der Waals surface area (Å²) in [5, 5.41) is 16.8. The third-order valence-corrected chi connectivity index (χ3v) is 4.66. The van der Waals surface area contributed by atoms with Gasteiger partial charge in [0.15, 0.2) is 5.11 Å². The molecular weight excluding hydrogens is 450 g/mol. The van der Waals surface area contributed by atoms with E-state index in [4.69, 9.17) is 17.0 Å². The zero-order valence-corrected chi connectivity index (χ0v) is 17.0. The molecule has 146 valence electrons. The molecule has 0 spiro atoms. The molecule has 2 aromatic rings. The highest BCUT2D eigenvalue weighted by molar-refractivity contribution is 9.10. The number of morpholine rings is 1. The maximum atomic E-state index is 12.4. The van der Waals surface area contributed by atoms with Gasteiger partial charge in [-0.1, -0.05) is 0 Å². The average molecular weight is 466 g/mol. The molecule has 0 atom stereocenters. The van der Waals surface area contributed by atoms with Crippen LogP contribution < -0.4 is 15.5 Å². The highest BCUT2D eigenvalue weighted by atomic mass is 79.9. The van der Waals surface area contributed by atoms with E-state index >= 15 is 0 Å². The molecule has 0 saturated carbocycles. The van der Waals surface area contributed by atoms with E-state index in [0.717, 1.165) is 4.47 Å². The fraction of sp³-hybridized carbons (Fsp3) is 0.235. The number of nitrogens with one attached hydrogen (secondary N) is 2. The van der Waals surface area contributed by atoms with Crippen LogP contribution in [0.3, 0.4) is 0 Å². The highest BCUT2D eigenvalue weighted by Gasteiger charge is 2.23. The number of aromatic nitrogens is 1. The van der Waals surface area contributed by atoms with Crippen molar-refractivity contribution >= 4 is 56.4 Å². The summed E-state index contributed by atoms with van der Waals surface area (Å²) in [5.74, 6) is -0.0895. The number of nitro benzene ring substituents is 1. The molecule has 2 N–H and O–H groups in total. The van der Waals surface area contributed by atoms with Gasteiger partial charge in [0, 0.05) is 35.4 Å². The van der Waals surface area contributed by atoms with E-state index in [0.29, 0.717) is 37.8 Å².